The molecule has 5 heterocycles. The molecule has 16 nitrogen and oxygen atoms in total. The Morgan fingerprint density at radius 3 is 2.02 bits per heavy atom. The maximum atomic E-state index is 13.8. The number of hydrogen-bond donors (Lipinski definition) is 0. The summed E-state index contributed by atoms with van der Waals surface area (Å²) in [5.74, 6) is -2.03. The number of carbonyl (C=O) groups is 2. The highest BCUT2D eigenvalue weighted by molar-refractivity contribution is 5.89. The Morgan fingerprint density at radius 2 is 1.34 bits per heavy atom. The molecule has 5 saturated heterocycles. The van der Waals surface area contributed by atoms with Gasteiger partial charge in [0.2, 0.25) is 0 Å². The van der Waals surface area contributed by atoms with E-state index in [-0.39, 0.29) is 37.8 Å². The van der Waals surface area contributed by atoms with E-state index in [2.05, 4.69) is 16.9 Å². The van der Waals surface area contributed by atoms with E-state index in [1.54, 1.807) is 60.7 Å². The van der Waals surface area contributed by atoms with Crippen LogP contribution in [0.25, 0.3) is 10.4 Å². The van der Waals surface area contributed by atoms with Gasteiger partial charge in [-0.05, 0) is 35.7 Å². The number of benzene rings is 3. The second-order valence-corrected chi connectivity index (χ2v) is 15.5. The first-order valence-corrected chi connectivity index (χ1v) is 20.0. The Balaban J connectivity index is 1.08. The maximum Gasteiger partial charge on any atom is 0.338 e. The molecule has 0 spiro atoms. The van der Waals surface area contributed by atoms with Crippen LogP contribution in [0.15, 0.2) is 96.1 Å². The third-order valence-electron chi connectivity index (χ3n) is 11.9. The van der Waals surface area contributed by atoms with Crippen molar-refractivity contribution in [2.75, 3.05) is 26.9 Å². The molecule has 5 aliphatic heterocycles. The van der Waals surface area contributed by atoms with Crippen molar-refractivity contribution in [3.8, 4) is 0 Å². The molecule has 16 heteroatoms. The van der Waals surface area contributed by atoms with Gasteiger partial charge >= 0.3 is 11.9 Å². The first-order chi connectivity index (χ1) is 28.7. The molecule has 0 aliphatic carbocycles. The van der Waals surface area contributed by atoms with Crippen molar-refractivity contribution in [2.45, 2.75) is 101 Å². The maximum absolute atomic E-state index is 13.8. The van der Waals surface area contributed by atoms with E-state index in [1.807, 2.05) is 44.2 Å². The van der Waals surface area contributed by atoms with Gasteiger partial charge in [0, 0.05) is 29.4 Å². The van der Waals surface area contributed by atoms with Crippen molar-refractivity contribution in [1.82, 2.24) is 0 Å². The van der Waals surface area contributed by atoms with Gasteiger partial charge < -0.3 is 52.1 Å². The lowest BCUT2D eigenvalue weighted by molar-refractivity contribution is -0.373. The number of azide groups is 1. The second kappa shape index (κ2) is 18.4. The van der Waals surface area contributed by atoms with Crippen molar-refractivity contribution in [1.29, 1.82) is 0 Å². The monoisotopic (exact) mass is 815 g/mol. The molecule has 2 bridgehead atoms. The molecular formula is C43H49N3O13. The van der Waals surface area contributed by atoms with Crippen molar-refractivity contribution < 1.29 is 61.7 Å². The Hall–Kier alpha value is -4.45. The Bertz CT molecular complexity index is 1920. The van der Waals surface area contributed by atoms with Gasteiger partial charge in [-0.15, -0.1) is 0 Å². The van der Waals surface area contributed by atoms with Gasteiger partial charge in [0.05, 0.1) is 42.7 Å². The van der Waals surface area contributed by atoms with E-state index in [0.29, 0.717) is 11.1 Å². The highest BCUT2D eigenvalue weighted by atomic mass is 16.8. The molecule has 59 heavy (non-hydrogen) atoms. The predicted molar refractivity (Wildman–Crippen MR) is 205 cm³/mol. The van der Waals surface area contributed by atoms with E-state index in [4.69, 9.17) is 52.1 Å². The topological polar surface area (TPSA) is 184 Å². The van der Waals surface area contributed by atoms with Gasteiger partial charge in [-0.1, -0.05) is 92.6 Å². The van der Waals surface area contributed by atoms with Crippen molar-refractivity contribution in [3.63, 3.8) is 0 Å². The van der Waals surface area contributed by atoms with Gasteiger partial charge in [0.15, 0.2) is 31.3 Å². The van der Waals surface area contributed by atoms with Crippen molar-refractivity contribution in [3.05, 3.63) is 118 Å². The molecule has 3 aromatic carbocycles. The van der Waals surface area contributed by atoms with Gasteiger partial charge in [-0.2, -0.15) is 0 Å². The lowest BCUT2D eigenvalue weighted by atomic mass is 9.83. The first-order valence-electron chi connectivity index (χ1n) is 20.0. The SMILES string of the molecule is CO[C@H]1C(N=[N+]=[N-])[C@@H]2OCC(O2)[C@@H]1O[C@@H]1O[C@@H](COC(=O)c2ccccc2)[C@@H](O[C@H]2O[C@H]3COC(c4ccccc4)O[C@H]3C(C)C2C)C(C)C1OC(=O)c1ccccc1. The summed E-state index contributed by atoms with van der Waals surface area (Å²) in [6.07, 6.45) is -9.34. The predicted octanol–water partition coefficient (Wildman–Crippen LogP) is 5.76. The van der Waals surface area contributed by atoms with E-state index in [9.17, 15) is 15.1 Å². The Kier molecular flexibility index (Phi) is 12.9. The van der Waals surface area contributed by atoms with Gasteiger partial charge in [-0.3, -0.25) is 0 Å². The normalized spacial score (nSPS) is 37.7. The van der Waals surface area contributed by atoms with E-state index < -0.39 is 91.8 Å². The van der Waals surface area contributed by atoms with E-state index >= 15 is 0 Å². The number of nitrogens with zero attached hydrogens (tertiary/aromatic N) is 3. The second-order valence-electron chi connectivity index (χ2n) is 15.5. The molecule has 7 unspecified atom stereocenters. The van der Waals surface area contributed by atoms with Crippen LogP contribution in [0.3, 0.4) is 0 Å². The molecule has 0 aromatic heterocycles. The average molecular weight is 816 g/mol. The third-order valence-corrected chi connectivity index (χ3v) is 11.9. The minimum Gasteiger partial charge on any atom is -0.459 e. The molecule has 5 fully saturated rings. The van der Waals surface area contributed by atoms with Crippen LogP contribution in [0.4, 0.5) is 0 Å². The van der Waals surface area contributed by atoms with Crippen molar-refractivity contribution in [2.24, 2.45) is 22.9 Å². The van der Waals surface area contributed by atoms with Crippen LogP contribution in [0.5, 0.6) is 0 Å². The van der Waals surface area contributed by atoms with Gasteiger partial charge in [0.25, 0.3) is 0 Å². The summed E-state index contributed by atoms with van der Waals surface area (Å²) in [6.45, 7) is 6.14. The summed E-state index contributed by atoms with van der Waals surface area (Å²) in [7, 11) is 1.47. The zero-order chi connectivity index (χ0) is 41.0. The van der Waals surface area contributed by atoms with Gasteiger partial charge in [-0.25, -0.2) is 9.59 Å². The fraction of sp³-hybridized carbons (Fsp3) is 0.535. The van der Waals surface area contributed by atoms with E-state index in [0.717, 1.165) is 5.56 Å². The third kappa shape index (κ3) is 8.75. The molecule has 5 aliphatic rings. The Morgan fingerprint density at radius 1 is 0.695 bits per heavy atom. The van der Waals surface area contributed by atoms with Crippen LogP contribution < -0.4 is 0 Å². The zero-order valence-electron chi connectivity index (χ0n) is 33.2. The number of fused-ring (bicyclic) bond motifs is 3. The first kappa shape index (κ1) is 41.3. The quantitative estimate of drug-likeness (QED) is 0.0932. The molecule has 314 valence electrons. The summed E-state index contributed by atoms with van der Waals surface area (Å²) < 4.78 is 69.4. The van der Waals surface area contributed by atoms with Crippen LogP contribution in [-0.2, 0) is 52.1 Å². The highest BCUT2D eigenvalue weighted by Crippen LogP contribution is 2.43. The lowest BCUT2D eigenvalue weighted by Crippen LogP contribution is -2.63. The molecule has 3 aromatic rings. The fourth-order valence-corrected chi connectivity index (χ4v) is 8.49. The van der Waals surface area contributed by atoms with Crippen LogP contribution in [0.1, 0.15) is 53.3 Å². The molecule has 0 N–H and O–H groups in total. The number of esters is 2. The lowest BCUT2D eigenvalue weighted by Gasteiger charge is -2.51. The average Bonchev–Trinajstić information content (AvgIpc) is 3.72. The van der Waals surface area contributed by atoms with Crippen LogP contribution in [0, 0.1) is 17.8 Å². The number of methoxy groups -OCH3 is 1. The smallest absolute Gasteiger partial charge is 0.338 e. The van der Waals surface area contributed by atoms with Crippen LogP contribution in [-0.4, -0.2) is 113 Å². The summed E-state index contributed by atoms with van der Waals surface area (Å²) in [5.41, 5.74) is 11.0. The number of carbonyl (C=O) groups excluding carboxylic acids is 2. The largest absolute Gasteiger partial charge is 0.459 e. The molecule has 16 atom stereocenters. The zero-order valence-corrected chi connectivity index (χ0v) is 33.2. The molecular weight excluding hydrogens is 766 g/mol. The minimum atomic E-state index is -1.27. The summed E-state index contributed by atoms with van der Waals surface area (Å²) in [5, 5.41) is 3.90. The van der Waals surface area contributed by atoms with Crippen LogP contribution >= 0.6 is 0 Å². The number of ether oxygens (including phenoxy) is 11. The van der Waals surface area contributed by atoms with Crippen molar-refractivity contribution >= 4 is 11.9 Å². The van der Waals surface area contributed by atoms with Gasteiger partial charge in [0.1, 0.15) is 37.1 Å². The molecule has 8 rings (SSSR count). The fourth-order valence-electron chi connectivity index (χ4n) is 8.49. The van der Waals surface area contributed by atoms with E-state index in [1.165, 1.54) is 7.11 Å². The molecule has 0 saturated carbocycles. The highest BCUT2D eigenvalue weighted by Gasteiger charge is 2.56. The summed E-state index contributed by atoms with van der Waals surface area (Å²) in [4.78, 5) is 30.1. The standard InChI is InChI=1S/C43H49N3O13/c1-23-24(2)40(53-30-21-51-41(58-33(23)30)28-18-12-7-13-19-28)57-34-25(3)35(56-39(48)27-16-10-6-11-17-27)43(55-29(34)20-50-38(47)26-14-8-5-9-15-26)59-36-31-22-52-42(54-31)32(45-46-44)37(36)49-4/h5-19,23-25,29-37,40-43H,20-22H2,1-4H3/t23?,24?,25?,29-,30-,31?,32?,33-,34-,35?,36-,37-,40+,41?,42+,43-/m0/s1. The van der Waals surface area contributed by atoms with Crippen LogP contribution in [0.2, 0.25) is 0 Å². The summed E-state index contributed by atoms with van der Waals surface area (Å²) in [6, 6.07) is 26.1. The molecule has 0 amide bonds. The number of rotatable bonds is 12. The molecule has 0 radical (unpaired) electrons. The Labute approximate surface area is 341 Å². The minimum absolute atomic E-state index is 0.0235. The number of hydrogen-bond acceptors (Lipinski definition) is 14. The summed E-state index contributed by atoms with van der Waals surface area (Å²) >= 11 is 0.